The highest BCUT2D eigenvalue weighted by Crippen LogP contribution is 2.19. The fourth-order valence-corrected chi connectivity index (χ4v) is 3.49. The van der Waals surface area contributed by atoms with E-state index in [-0.39, 0.29) is 18.9 Å². The van der Waals surface area contributed by atoms with Crippen LogP contribution >= 0.6 is 0 Å². The van der Waals surface area contributed by atoms with Gasteiger partial charge in [-0.1, -0.05) is 6.07 Å². The maximum Gasteiger partial charge on any atom is 0.232 e. The number of aryl methyl sites for hydroxylation is 2. The first kappa shape index (κ1) is 19.9. The van der Waals surface area contributed by atoms with Crippen LogP contribution in [0.4, 0.5) is 15.8 Å². The van der Waals surface area contributed by atoms with E-state index >= 15 is 0 Å². The summed E-state index contributed by atoms with van der Waals surface area (Å²) in [5.41, 5.74) is 3.33. The summed E-state index contributed by atoms with van der Waals surface area (Å²) in [4.78, 5) is 12.1. The molecule has 0 bridgehead atoms. The van der Waals surface area contributed by atoms with E-state index in [1.807, 2.05) is 32.0 Å². The number of carbonyl (C=O) groups is 1. The number of carbonyl (C=O) groups excluding carboxylic acids is 1. The number of sulfonamides is 1. The molecule has 1 N–H and O–H groups in total. The number of benzene rings is 2. The molecule has 0 unspecified atom stereocenters. The normalized spacial score (nSPS) is 11.2. The number of halogens is 1. The van der Waals surface area contributed by atoms with Crippen LogP contribution in [0, 0.1) is 19.7 Å². The van der Waals surface area contributed by atoms with Gasteiger partial charge in [-0.25, -0.2) is 12.8 Å². The smallest absolute Gasteiger partial charge is 0.232 e. The van der Waals surface area contributed by atoms with E-state index in [0.717, 1.165) is 23.1 Å². The third kappa shape index (κ3) is 5.56. The van der Waals surface area contributed by atoms with Gasteiger partial charge in [-0.3, -0.25) is 9.10 Å². The summed E-state index contributed by atoms with van der Waals surface area (Å²) in [6, 6.07) is 10.9. The lowest BCUT2D eigenvalue weighted by Crippen LogP contribution is -2.31. The Bertz CT molecular complexity index is 880. The highest BCUT2D eigenvalue weighted by Gasteiger charge is 2.17. The molecular formula is C19H23FN2O3S. The molecule has 5 nitrogen and oxygen atoms in total. The van der Waals surface area contributed by atoms with Crippen molar-refractivity contribution in [2.75, 3.05) is 22.4 Å². The third-order valence-electron chi connectivity index (χ3n) is 4.07. The van der Waals surface area contributed by atoms with Gasteiger partial charge in [-0.15, -0.1) is 0 Å². The lowest BCUT2D eigenvalue weighted by molar-refractivity contribution is -0.116. The average Bonchev–Trinajstić information content (AvgIpc) is 2.55. The van der Waals surface area contributed by atoms with Crippen molar-refractivity contribution in [3.8, 4) is 0 Å². The Morgan fingerprint density at radius 1 is 1.08 bits per heavy atom. The van der Waals surface area contributed by atoms with E-state index in [4.69, 9.17) is 0 Å². The number of nitrogens with one attached hydrogen (secondary N) is 1. The van der Waals surface area contributed by atoms with E-state index in [1.165, 1.54) is 28.6 Å². The molecule has 0 aliphatic rings. The first-order chi connectivity index (χ1) is 12.2. The number of anilines is 2. The van der Waals surface area contributed by atoms with Gasteiger partial charge < -0.3 is 5.32 Å². The zero-order valence-electron chi connectivity index (χ0n) is 15.1. The van der Waals surface area contributed by atoms with Crippen LogP contribution in [0.1, 0.15) is 24.0 Å². The van der Waals surface area contributed by atoms with Crippen LogP contribution in [-0.4, -0.2) is 27.1 Å². The molecule has 0 aromatic heterocycles. The van der Waals surface area contributed by atoms with E-state index in [2.05, 4.69) is 5.32 Å². The molecule has 0 fully saturated rings. The minimum Gasteiger partial charge on any atom is -0.326 e. The zero-order chi connectivity index (χ0) is 19.3. The molecule has 0 saturated carbocycles. The Morgan fingerprint density at radius 2 is 1.73 bits per heavy atom. The standard InChI is InChI=1S/C19H23FN2O3S/c1-14-6-9-17(13-15(14)2)21-19(23)5-4-12-22(26(3,24)25)18-10-7-16(20)8-11-18/h6-11,13H,4-5,12H2,1-3H3,(H,21,23). The molecule has 0 aliphatic carbocycles. The summed E-state index contributed by atoms with van der Waals surface area (Å²) in [6.07, 6.45) is 1.62. The molecular weight excluding hydrogens is 355 g/mol. The van der Waals surface area contributed by atoms with Crippen molar-refractivity contribution < 1.29 is 17.6 Å². The molecule has 7 heteroatoms. The van der Waals surface area contributed by atoms with Crippen LogP contribution < -0.4 is 9.62 Å². The Labute approximate surface area is 153 Å². The molecule has 0 aliphatic heterocycles. The predicted molar refractivity (Wildman–Crippen MR) is 102 cm³/mol. The number of hydrogen-bond donors (Lipinski definition) is 1. The Morgan fingerprint density at radius 3 is 2.31 bits per heavy atom. The van der Waals surface area contributed by atoms with Gasteiger partial charge in [-0.05, 0) is 67.8 Å². The minimum absolute atomic E-state index is 0.144. The quantitative estimate of drug-likeness (QED) is 0.800. The minimum atomic E-state index is -3.52. The molecule has 2 aromatic carbocycles. The fourth-order valence-electron chi connectivity index (χ4n) is 2.52. The molecule has 2 rings (SSSR count). The van der Waals surface area contributed by atoms with Crippen molar-refractivity contribution in [1.29, 1.82) is 0 Å². The van der Waals surface area contributed by atoms with Crippen molar-refractivity contribution in [2.45, 2.75) is 26.7 Å². The molecule has 0 saturated heterocycles. The number of amides is 1. The van der Waals surface area contributed by atoms with Gasteiger partial charge in [-0.2, -0.15) is 0 Å². The van der Waals surface area contributed by atoms with Crippen LogP contribution in [0.3, 0.4) is 0 Å². The van der Waals surface area contributed by atoms with Crippen molar-refractivity contribution in [3.05, 3.63) is 59.4 Å². The van der Waals surface area contributed by atoms with Crippen LogP contribution in [0.25, 0.3) is 0 Å². The summed E-state index contributed by atoms with van der Waals surface area (Å²) in [7, 11) is -3.52. The maximum atomic E-state index is 13.0. The molecule has 26 heavy (non-hydrogen) atoms. The fraction of sp³-hybridized carbons (Fsp3) is 0.316. The van der Waals surface area contributed by atoms with Crippen molar-refractivity contribution in [1.82, 2.24) is 0 Å². The van der Waals surface area contributed by atoms with Gasteiger partial charge in [0, 0.05) is 18.7 Å². The summed E-state index contributed by atoms with van der Waals surface area (Å²) >= 11 is 0. The molecule has 2 aromatic rings. The largest absolute Gasteiger partial charge is 0.326 e. The maximum absolute atomic E-state index is 13.0. The van der Waals surface area contributed by atoms with Crippen molar-refractivity contribution >= 4 is 27.3 Å². The summed E-state index contributed by atoms with van der Waals surface area (Å²) in [5, 5.41) is 2.81. The van der Waals surface area contributed by atoms with Gasteiger partial charge >= 0.3 is 0 Å². The summed E-state index contributed by atoms with van der Waals surface area (Å²) in [6.45, 7) is 4.11. The average molecular weight is 378 g/mol. The lowest BCUT2D eigenvalue weighted by atomic mass is 10.1. The topological polar surface area (TPSA) is 66.5 Å². The van der Waals surface area contributed by atoms with Gasteiger partial charge in [0.15, 0.2) is 0 Å². The Hall–Kier alpha value is -2.41. The first-order valence-electron chi connectivity index (χ1n) is 8.27. The van der Waals surface area contributed by atoms with Crippen molar-refractivity contribution in [2.24, 2.45) is 0 Å². The Balaban J connectivity index is 1.95. The highest BCUT2D eigenvalue weighted by atomic mass is 32.2. The van der Waals surface area contributed by atoms with Crippen LogP contribution in [0.5, 0.6) is 0 Å². The van der Waals surface area contributed by atoms with Crippen LogP contribution in [0.2, 0.25) is 0 Å². The third-order valence-corrected chi connectivity index (χ3v) is 5.26. The molecule has 1 amide bonds. The van der Waals surface area contributed by atoms with Gasteiger partial charge in [0.05, 0.1) is 11.9 Å². The summed E-state index contributed by atoms with van der Waals surface area (Å²) < 4.78 is 38.2. The second-order valence-electron chi connectivity index (χ2n) is 6.26. The van der Waals surface area contributed by atoms with Crippen molar-refractivity contribution in [3.63, 3.8) is 0 Å². The van der Waals surface area contributed by atoms with E-state index in [1.54, 1.807) is 0 Å². The number of hydrogen-bond acceptors (Lipinski definition) is 3. The van der Waals surface area contributed by atoms with E-state index in [9.17, 15) is 17.6 Å². The number of rotatable bonds is 7. The van der Waals surface area contributed by atoms with Gasteiger partial charge in [0.25, 0.3) is 0 Å². The van der Waals surface area contributed by atoms with Gasteiger partial charge in [0.2, 0.25) is 15.9 Å². The second-order valence-corrected chi connectivity index (χ2v) is 8.17. The molecule has 0 heterocycles. The zero-order valence-corrected chi connectivity index (χ0v) is 15.9. The molecule has 140 valence electrons. The predicted octanol–water partition coefficient (Wildman–Crippen LogP) is 3.63. The second kappa shape index (κ2) is 8.31. The molecule has 0 atom stereocenters. The van der Waals surface area contributed by atoms with Crippen LogP contribution in [-0.2, 0) is 14.8 Å². The molecule has 0 spiro atoms. The lowest BCUT2D eigenvalue weighted by Gasteiger charge is -2.22. The summed E-state index contributed by atoms with van der Waals surface area (Å²) in [5.74, 6) is -0.615. The monoisotopic (exact) mass is 378 g/mol. The highest BCUT2D eigenvalue weighted by molar-refractivity contribution is 7.92. The van der Waals surface area contributed by atoms with Crippen LogP contribution in [0.15, 0.2) is 42.5 Å². The van der Waals surface area contributed by atoms with E-state index < -0.39 is 15.8 Å². The van der Waals surface area contributed by atoms with Gasteiger partial charge in [0.1, 0.15) is 5.82 Å². The number of nitrogens with zero attached hydrogens (tertiary/aromatic N) is 1. The Kier molecular flexibility index (Phi) is 6.37. The molecule has 0 radical (unpaired) electrons. The first-order valence-corrected chi connectivity index (χ1v) is 10.1. The SMILES string of the molecule is Cc1ccc(NC(=O)CCCN(c2ccc(F)cc2)S(C)(=O)=O)cc1C. The van der Waals surface area contributed by atoms with E-state index in [0.29, 0.717) is 12.1 Å².